The summed E-state index contributed by atoms with van der Waals surface area (Å²) in [7, 11) is 0. The summed E-state index contributed by atoms with van der Waals surface area (Å²) in [5, 5.41) is 13.0. The Balaban J connectivity index is 2.05. The number of phenolic OH excluding ortho intramolecular Hbond substituents is 1. The first-order valence-electron chi connectivity index (χ1n) is 6.13. The normalized spacial score (nSPS) is 10.2. The molecule has 0 saturated carbocycles. The number of aromatic hydroxyl groups is 1. The van der Waals surface area contributed by atoms with Gasteiger partial charge in [0.25, 0.3) is 0 Å². The van der Waals surface area contributed by atoms with Gasteiger partial charge in [-0.15, -0.1) is 0 Å². The van der Waals surface area contributed by atoms with Gasteiger partial charge >= 0.3 is 0 Å². The van der Waals surface area contributed by atoms with Crippen molar-refractivity contribution in [1.29, 1.82) is 0 Å². The van der Waals surface area contributed by atoms with Crippen LogP contribution in [0.25, 0.3) is 0 Å². The minimum absolute atomic E-state index is 0.174. The molecule has 0 atom stereocenters. The van der Waals surface area contributed by atoms with E-state index in [1.807, 2.05) is 43.3 Å². The zero-order valence-electron chi connectivity index (χ0n) is 10.7. The van der Waals surface area contributed by atoms with Crippen LogP contribution in [0, 0.1) is 0 Å². The maximum Gasteiger partial charge on any atom is 0.161 e. The lowest BCUT2D eigenvalue weighted by Gasteiger charge is -2.10. The summed E-state index contributed by atoms with van der Waals surface area (Å²) < 4.78 is 6.40. The fourth-order valence-corrected chi connectivity index (χ4v) is 2.14. The average molecular weight is 322 g/mol. The van der Waals surface area contributed by atoms with Crippen molar-refractivity contribution in [3.8, 4) is 11.5 Å². The second-order valence-electron chi connectivity index (χ2n) is 4.10. The van der Waals surface area contributed by atoms with E-state index in [4.69, 9.17) is 4.74 Å². The van der Waals surface area contributed by atoms with Gasteiger partial charge in [-0.2, -0.15) is 0 Å². The van der Waals surface area contributed by atoms with Gasteiger partial charge in [-0.25, -0.2) is 0 Å². The lowest BCUT2D eigenvalue weighted by Crippen LogP contribution is -2.00. The zero-order chi connectivity index (χ0) is 13.7. The van der Waals surface area contributed by atoms with Gasteiger partial charge in [0.05, 0.1) is 6.61 Å². The monoisotopic (exact) mass is 321 g/mol. The summed E-state index contributed by atoms with van der Waals surface area (Å²) in [6.45, 7) is 3.11. The van der Waals surface area contributed by atoms with Crippen molar-refractivity contribution in [2.24, 2.45) is 0 Å². The molecule has 0 aromatic heterocycles. The van der Waals surface area contributed by atoms with Gasteiger partial charge in [-0.1, -0.05) is 28.1 Å². The molecule has 0 heterocycles. The minimum atomic E-state index is 0.174. The van der Waals surface area contributed by atoms with Gasteiger partial charge < -0.3 is 15.2 Å². The fourth-order valence-electron chi connectivity index (χ4n) is 1.74. The number of ether oxygens (including phenoxy) is 1. The summed E-state index contributed by atoms with van der Waals surface area (Å²) in [6.07, 6.45) is 0. The molecule has 0 aliphatic heterocycles. The Labute approximate surface area is 121 Å². The molecule has 100 valence electrons. The highest BCUT2D eigenvalue weighted by atomic mass is 79.9. The predicted molar refractivity (Wildman–Crippen MR) is 80.7 cm³/mol. The number of hydrogen-bond acceptors (Lipinski definition) is 3. The van der Waals surface area contributed by atoms with E-state index in [9.17, 15) is 5.11 Å². The molecule has 19 heavy (non-hydrogen) atoms. The van der Waals surface area contributed by atoms with Gasteiger partial charge in [0.2, 0.25) is 0 Å². The van der Waals surface area contributed by atoms with Crippen LogP contribution in [0.1, 0.15) is 12.5 Å². The van der Waals surface area contributed by atoms with Gasteiger partial charge in [-0.05, 0) is 42.8 Å². The molecule has 0 unspecified atom stereocenters. The Kier molecular flexibility index (Phi) is 4.68. The van der Waals surface area contributed by atoms with Crippen molar-refractivity contribution in [2.45, 2.75) is 13.5 Å². The van der Waals surface area contributed by atoms with Crippen molar-refractivity contribution < 1.29 is 9.84 Å². The molecule has 0 spiro atoms. The molecule has 2 aromatic carbocycles. The Morgan fingerprint density at radius 1 is 1.21 bits per heavy atom. The van der Waals surface area contributed by atoms with Gasteiger partial charge in [0, 0.05) is 16.7 Å². The molecule has 2 N–H and O–H groups in total. The highest BCUT2D eigenvalue weighted by Gasteiger charge is 2.03. The molecule has 0 bridgehead atoms. The Bertz CT molecular complexity index is 558. The smallest absolute Gasteiger partial charge is 0.161 e. The number of nitrogens with one attached hydrogen (secondary N) is 1. The highest BCUT2D eigenvalue weighted by Crippen LogP contribution is 2.27. The molecular formula is C15H16BrNO2. The zero-order valence-corrected chi connectivity index (χ0v) is 12.3. The summed E-state index contributed by atoms with van der Waals surface area (Å²) in [5.41, 5.74) is 2.10. The second kappa shape index (κ2) is 6.48. The van der Waals surface area contributed by atoms with Crippen LogP contribution in [0.4, 0.5) is 5.69 Å². The lowest BCUT2D eigenvalue weighted by atomic mass is 10.2. The molecule has 0 fully saturated rings. The van der Waals surface area contributed by atoms with E-state index in [2.05, 4.69) is 21.2 Å². The van der Waals surface area contributed by atoms with E-state index in [0.717, 1.165) is 15.7 Å². The molecule has 0 saturated heterocycles. The molecule has 0 aliphatic rings. The molecule has 2 rings (SSSR count). The van der Waals surface area contributed by atoms with Gasteiger partial charge in [-0.3, -0.25) is 0 Å². The molecule has 0 amide bonds. The van der Waals surface area contributed by atoms with Crippen LogP contribution < -0.4 is 10.1 Å². The van der Waals surface area contributed by atoms with Gasteiger partial charge in [0.1, 0.15) is 0 Å². The van der Waals surface area contributed by atoms with Crippen LogP contribution in [0.3, 0.4) is 0 Å². The van der Waals surface area contributed by atoms with Crippen molar-refractivity contribution >= 4 is 21.6 Å². The van der Waals surface area contributed by atoms with E-state index in [-0.39, 0.29) is 5.75 Å². The summed E-state index contributed by atoms with van der Waals surface area (Å²) in [6, 6.07) is 13.4. The van der Waals surface area contributed by atoms with Crippen LogP contribution in [0.2, 0.25) is 0 Å². The third-order valence-electron chi connectivity index (χ3n) is 2.65. The molecule has 3 nitrogen and oxygen atoms in total. The quantitative estimate of drug-likeness (QED) is 0.868. The largest absolute Gasteiger partial charge is 0.504 e. The highest BCUT2D eigenvalue weighted by molar-refractivity contribution is 9.10. The number of anilines is 1. The van der Waals surface area contributed by atoms with Crippen molar-refractivity contribution in [3.63, 3.8) is 0 Å². The van der Waals surface area contributed by atoms with Crippen molar-refractivity contribution in [2.75, 3.05) is 11.9 Å². The molecular weight excluding hydrogens is 306 g/mol. The summed E-state index contributed by atoms with van der Waals surface area (Å²) in [4.78, 5) is 0. The third-order valence-corrected chi connectivity index (χ3v) is 3.14. The molecule has 4 heteroatoms. The number of halogens is 1. The van der Waals surface area contributed by atoms with Crippen LogP contribution in [-0.4, -0.2) is 11.7 Å². The minimum Gasteiger partial charge on any atom is -0.504 e. The Morgan fingerprint density at radius 2 is 2.05 bits per heavy atom. The number of hydrogen-bond donors (Lipinski definition) is 2. The van der Waals surface area contributed by atoms with Crippen LogP contribution in [0.5, 0.6) is 11.5 Å². The van der Waals surface area contributed by atoms with Crippen LogP contribution in [-0.2, 0) is 6.54 Å². The Morgan fingerprint density at radius 3 is 2.79 bits per heavy atom. The maximum absolute atomic E-state index is 9.64. The standard InChI is InChI=1S/C15H16BrNO2/c1-2-19-15-8-11(6-7-14(15)18)10-17-13-5-3-4-12(16)9-13/h3-9,17-18H,2,10H2,1H3. The summed E-state index contributed by atoms with van der Waals surface area (Å²) in [5.74, 6) is 0.698. The average Bonchev–Trinajstić information content (AvgIpc) is 2.40. The van der Waals surface area contributed by atoms with Crippen molar-refractivity contribution in [3.05, 3.63) is 52.5 Å². The molecule has 0 radical (unpaired) electrons. The van der Waals surface area contributed by atoms with E-state index in [0.29, 0.717) is 18.9 Å². The van der Waals surface area contributed by atoms with E-state index < -0.39 is 0 Å². The molecule has 2 aromatic rings. The van der Waals surface area contributed by atoms with Crippen LogP contribution >= 0.6 is 15.9 Å². The second-order valence-corrected chi connectivity index (χ2v) is 5.01. The number of rotatable bonds is 5. The fraction of sp³-hybridized carbons (Fsp3) is 0.200. The topological polar surface area (TPSA) is 41.5 Å². The number of benzene rings is 2. The first kappa shape index (κ1) is 13.7. The predicted octanol–water partition coefficient (Wildman–Crippen LogP) is 4.17. The lowest BCUT2D eigenvalue weighted by molar-refractivity contribution is 0.318. The van der Waals surface area contributed by atoms with Gasteiger partial charge in [0.15, 0.2) is 11.5 Å². The van der Waals surface area contributed by atoms with E-state index in [1.54, 1.807) is 6.07 Å². The number of phenols is 1. The van der Waals surface area contributed by atoms with E-state index >= 15 is 0 Å². The van der Waals surface area contributed by atoms with Crippen LogP contribution in [0.15, 0.2) is 46.9 Å². The maximum atomic E-state index is 9.64. The van der Waals surface area contributed by atoms with E-state index in [1.165, 1.54) is 0 Å². The first-order chi connectivity index (χ1) is 9.19. The molecule has 0 aliphatic carbocycles. The van der Waals surface area contributed by atoms with Crippen molar-refractivity contribution in [1.82, 2.24) is 0 Å². The third kappa shape index (κ3) is 3.89. The summed E-state index contributed by atoms with van der Waals surface area (Å²) >= 11 is 3.44. The first-order valence-corrected chi connectivity index (χ1v) is 6.92. The Hall–Kier alpha value is -1.68. The SMILES string of the molecule is CCOc1cc(CNc2cccc(Br)c2)ccc1O.